The summed E-state index contributed by atoms with van der Waals surface area (Å²) < 4.78 is 0. The predicted molar refractivity (Wildman–Crippen MR) is 41.0 cm³/mol. The lowest BCUT2D eigenvalue weighted by atomic mass is 9.89. The lowest BCUT2D eigenvalue weighted by Gasteiger charge is -2.41. The third kappa shape index (κ3) is 1.32. The van der Waals surface area contributed by atoms with Gasteiger partial charge in [0.25, 0.3) is 0 Å². The van der Waals surface area contributed by atoms with Crippen molar-refractivity contribution < 1.29 is 5.21 Å². The second-order valence-corrected chi connectivity index (χ2v) is 3.90. The van der Waals surface area contributed by atoms with Crippen molar-refractivity contribution in [2.45, 2.75) is 51.6 Å². The van der Waals surface area contributed by atoms with Gasteiger partial charge in [0.05, 0.1) is 0 Å². The largest absolute Gasteiger partial charge is 0.313 e. The maximum atomic E-state index is 9.54. The van der Waals surface area contributed by atoms with Crippen LogP contribution in [0.2, 0.25) is 0 Å². The summed E-state index contributed by atoms with van der Waals surface area (Å²) in [7, 11) is 0. The van der Waals surface area contributed by atoms with Gasteiger partial charge in [0, 0.05) is 11.6 Å². The zero-order valence-electron chi connectivity index (χ0n) is 7.09. The van der Waals surface area contributed by atoms with Crippen LogP contribution in [0.15, 0.2) is 0 Å². The minimum absolute atomic E-state index is 0.00231. The van der Waals surface area contributed by atoms with Crippen LogP contribution in [0.1, 0.15) is 40.0 Å². The van der Waals surface area contributed by atoms with Crippen LogP contribution in [0, 0.1) is 0 Å². The second kappa shape index (κ2) is 2.51. The summed E-state index contributed by atoms with van der Waals surface area (Å²) in [5.41, 5.74) is -0.00231. The highest BCUT2D eigenvalue weighted by Crippen LogP contribution is 2.28. The Morgan fingerprint density at radius 1 is 1.50 bits per heavy atom. The van der Waals surface area contributed by atoms with Crippen LogP contribution in [0.4, 0.5) is 0 Å². The zero-order valence-corrected chi connectivity index (χ0v) is 7.09. The van der Waals surface area contributed by atoms with Crippen LogP contribution in [0.3, 0.4) is 0 Å². The minimum Gasteiger partial charge on any atom is -0.313 e. The Kier molecular flexibility index (Phi) is 2.02. The van der Waals surface area contributed by atoms with Crippen LogP contribution >= 0.6 is 0 Å². The third-order valence-corrected chi connectivity index (χ3v) is 2.45. The molecule has 2 nitrogen and oxygen atoms in total. The second-order valence-electron chi connectivity index (χ2n) is 3.90. The van der Waals surface area contributed by atoms with E-state index in [4.69, 9.17) is 0 Å². The van der Waals surface area contributed by atoms with Crippen molar-refractivity contribution in [2.24, 2.45) is 0 Å². The maximum Gasteiger partial charge on any atom is 0.0407 e. The molecule has 1 heterocycles. The van der Waals surface area contributed by atoms with Gasteiger partial charge < -0.3 is 5.21 Å². The van der Waals surface area contributed by atoms with E-state index in [2.05, 4.69) is 20.8 Å². The molecule has 0 amide bonds. The molecular formula is C8H17NO. The lowest BCUT2D eigenvalue weighted by molar-refractivity contribution is -0.206. The highest BCUT2D eigenvalue weighted by Gasteiger charge is 2.32. The molecule has 0 spiro atoms. The SMILES string of the molecule is CC1CCCC(C)(C)N1O. The van der Waals surface area contributed by atoms with Crippen LogP contribution in [-0.4, -0.2) is 21.9 Å². The molecule has 60 valence electrons. The summed E-state index contributed by atoms with van der Waals surface area (Å²) in [6, 6.07) is 0.337. The van der Waals surface area contributed by atoms with E-state index in [1.807, 2.05) is 0 Å². The Balaban J connectivity index is 2.60. The molecule has 0 radical (unpaired) electrons. The van der Waals surface area contributed by atoms with Crippen molar-refractivity contribution in [3.05, 3.63) is 0 Å². The fraction of sp³-hybridized carbons (Fsp3) is 1.00. The zero-order chi connectivity index (χ0) is 7.78. The molecule has 1 N–H and O–H groups in total. The number of rotatable bonds is 0. The van der Waals surface area contributed by atoms with Gasteiger partial charge in [-0.05, 0) is 40.0 Å². The van der Waals surface area contributed by atoms with E-state index < -0.39 is 0 Å². The summed E-state index contributed by atoms with van der Waals surface area (Å²) in [5.74, 6) is 0. The number of hydrogen-bond donors (Lipinski definition) is 1. The molecule has 0 saturated carbocycles. The van der Waals surface area contributed by atoms with Gasteiger partial charge >= 0.3 is 0 Å². The Labute approximate surface area is 62.8 Å². The maximum absolute atomic E-state index is 9.54. The van der Waals surface area contributed by atoms with Crippen molar-refractivity contribution in [3.63, 3.8) is 0 Å². The first kappa shape index (κ1) is 8.02. The summed E-state index contributed by atoms with van der Waals surface area (Å²) in [5, 5.41) is 11.0. The molecule has 1 unspecified atom stereocenters. The molecule has 0 aromatic rings. The lowest BCUT2D eigenvalue weighted by Crippen LogP contribution is -2.49. The van der Waals surface area contributed by atoms with Gasteiger partial charge in [0.2, 0.25) is 0 Å². The normalized spacial score (nSPS) is 34.2. The Bertz CT molecular complexity index is 122. The summed E-state index contributed by atoms with van der Waals surface area (Å²) in [6.07, 6.45) is 3.47. The highest BCUT2D eigenvalue weighted by molar-refractivity contribution is 4.84. The summed E-state index contributed by atoms with van der Waals surface area (Å²) in [6.45, 7) is 6.24. The molecule has 0 aromatic carbocycles. The fourth-order valence-corrected chi connectivity index (χ4v) is 1.66. The van der Waals surface area contributed by atoms with Crippen LogP contribution < -0.4 is 0 Å². The fourth-order valence-electron chi connectivity index (χ4n) is 1.66. The number of hydroxylamine groups is 2. The highest BCUT2D eigenvalue weighted by atomic mass is 16.5. The minimum atomic E-state index is -0.00231. The van der Waals surface area contributed by atoms with Gasteiger partial charge in [-0.1, -0.05) is 0 Å². The molecule has 0 bridgehead atoms. The van der Waals surface area contributed by atoms with Crippen molar-refractivity contribution in [1.82, 2.24) is 5.06 Å². The number of piperidine rings is 1. The third-order valence-electron chi connectivity index (χ3n) is 2.45. The first-order chi connectivity index (χ1) is 4.54. The smallest absolute Gasteiger partial charge is 0.0407 e. The Morgan fingerprint density at radius 3 is 2.50 bits per heavy atom. The van der Waals surface area contributed by atoms with E-state index >= 15 is 0 Å². The van der Waals surface area contributed by atoms with Crippen molar-refractivity contribution >= 4 is 0 Å². The van der Waals surface area contributed by atoms with Crippen molar-refractivity contribution in [1.29, 1.82) is 0 Å². The molecule has 1 saturated heterocycles. The van der Waals surface area contributed by atoms with Gasteiger partial charge in [0.15, 0.2) is 0 Å². The monoisotopic (exact) mass is 143 g/mol. The van der Waals surface area contributed by atoms with Crippen molar-refractivity contribution in [2.75, 3.05) is 0 Å². The van der Waals surface area contributed by atoms with E-state index in [1.165, 1.54) is 11.5 Å². The molecule has 1 aliphatic heterocycles. The first-order valence-electron chi connectivity index (χ1n) is 4.02. The Morgan fingerprint density at radius 2 is 2.10 bits per heavy atom. The number of nitrogens with zero attached hydrogens (tertiary/aromatic N) is 1. The topological polar surface area (TPSA) is 23.5 Å². The standard InChI is InChI=1S/C8H17NO/c1-7-5-4-6-8(2,3)9(7)10/h7,10H,4-6H2,1-3H3. The van der Waals surface area contributed by atoms with Gasteiger partial charge in [-0.3, -0.25) is 0 Å². The predicted octanol–water partition coefficient (Wildman–Crippen LogP) is 2.03. The number of hydrogen-bond acceptors (Lipinski definition) is 2. The molecule has 2 heteroatoms. The van der Waals surface area contributed by atoms with E-state index in [1.54, 1.807) is 0 Å². The summed E-state index contributed by atoms with van der Waals surface area (Å²) in [4.78, 5) is 0. The summed E-state index contributed by atoms with van der Waals surface area (Å²) >= 11 is 0. The average Bonchev–Trinajstić information content (AvgIpc) is 1.83. The van der Waals surface area contributed by atoms with E-state index in [0.29, 0.717) is 6.04 Å². The molecule has 0 aliphatic carbocycles. The van der Waals surface area contributed by atoms with Crippen molar-refractivity contribution in [3.8, 4) is 0 Å². The molecule has 1 fully saturated rings. The van der Waals surface area contributed by atoms with E-state index in [-0.39, 0.29) is 5.54 Å². The van der Waals surface area contributed by atoms with Gasteiger partial charge in [0.1, 0.15) is 0 Å². The van der Waals surface area contributed by atoms with Gasteiger partial charge in [-0.25, -0.2) is 0 Å². The Hall–Kier alpha value is -0.0800. The quantitative estimate of drug-likeness (QED) is 0.561. The molecule has 10 heavy (non-hydrogen) atoms. The van der Waals surface area contributed by atoms with E-state index in [0.717, 1.165) is 12.8 Å². The molecule has 0 aromatic heterocycles. The van der Waals surface area contributed by atoms with Crippen LogP contribution in [0.5, 0.6) is 0 Å². The molecule has 1 rings (SSSR count). The molecule has 1 atom stereocenters. The first-order valence-corrected chi connectivity index (χ1v) is 4.02. The van der Waals surface area contributed by atoms with E-state index in [9.17, 15) is 5.21 Å². The average molecular weight is 143 g/mol. The van der Waals surface area contributed by atoms with Crippen LogP contribution in [0.25, 0.3) is 0 Å². The van der Waals surface area contributed by atoms with Crippen LogP contribution in [-0.2, 0) is 0 Å². The van der Waals surface area contributed by atoms with Gasteiger partial charge in [-0.15, -0.1) is 0 Å². The molecular weight excluding hydrogens is 126 g/mol. The van der Waals surface area contributed by atoms with Gasteiger partial charge in [-0.2, -0.15) is 5.06 Å². The molecule has 1 aliphatic rings.